The summed E-state index contributed by atoms with van der Waals surface area (Å²) in [7, 11) is 0. The first-order valence-electron chi connectivity index (χ1n) is 6.16. The van der Waals surface area contributed by atoms with Gasteiger partial charge in [0.05, 0.1) is 5.92 Å². The molecule has 4 nitrogen and oxygen atoms in total. The molecule has 3 atom stereocenters. The molecule has 0 bridgehead atoms. The average Bonchev–Trinajstić information content (AvgIpc) is 2.35. The minimum Gasteiger partial charge on any atom is -0.481 e. The number of halogens is 1. The van der Waals surface area contributed by atoms with E-state index in [0.717, 1.165) is 18.7 Å². The fraction of sp³-hybridized carbons (Fsp3) is 0.462. The summed E-state index contributed by atoms with van der Waals surface area (Å²) in [6.07, 6.45) is 0.894. The maximum Gasteiger partial charge on any atom is 0.311 e. The number of carboxylic acid groups (broad SMARTS) is 1. The normalized spacial score (nSPS) is 29.9. The summed E-state index contributed by atoms with van der Waals surface area (Å²) in [4.78, 5) is 11.5. The van der Waals surface area contributed by atoms with Gasteiger partial charge in [-0.25, -0.2) is 4.39 Å². The van der Waals surface area contributed by atoms with Crippen molar-refractivity contribution in [3.8, 4) is 0 Å². The Morgan fingerprint density at radius 1 is 1.44 bits per heavy atom. The Labute approximate surface area is 104 Å². The fourth-order valence-electron chi connectivity index (χ4n) is 3.08. The summed E-state index contributed by atoms with van der Waals surface area (Å²) in [6, 6.07) is 4.50. The molecule has 0 spiro atoms. The van der Waals surface area contributed by atoms with Gasteiger partial charge < -0.3 is 15.7 Å². The van der Waals surface area contributed by atoms with E-state index in [2.05, 4.69) is 10.6 Å². The molecule has 2 aliphatic heterocycles. The molecule has 2 aliphatic rings. The number of aliphatic carboxylic acids is 1. The van der Waals surface area contributed by atoms with Crippen LogP contribution in [-0.4, -0.2) is 30.2 Å². The predicted molar refractivity (Wildman–Crippen MR) is 65.2 cm³/mol. The van der Waals surface area contributed by atoms with Gasteiger partial charge in [0, 0.05) is 24.2 Å². The summed E-state index contributed by atoms with van der Waals surface area (Å²) >= 11 is 0. The molecule has 1 aromatic rings. The number of anilines is 1. The molecule has 3 unspecified atom stereocenters. The lowest BCUT2D eigenvalue weighted by Gasteiger charge is -2.41. The molecule has 2 heterocycles. The number of carbonyl (C=O) groups is 1. The van der Waals surface area contributed by atoms with Gasteiger partial charge in [0.15, 0.2) is 0 Å². The highest BCUT2D eigenvalue weighted by Crippen LogP contribution is 2.40. The first-order valence-corrected chi connectivity index (χ1v) is 6.16. The standard InChI is InChI=1S/C13H15FN2O2/c14-7-1-2-10-8(5-7)12(13(17)18)9-6-15-4-3-11(9)16-10/h1-2,5,9,11-12,15-16H,3-4,6H2,(H,17,18). The third kappa shape index (κ3) is 1.75. The third-order valence-corrected chi connectivity index (χ3v) is 3.91. The molecule has 0 radical (unpaired) electrons. The van der Waals surface area contributed by atoms with Crippen molar-refractivity contribution in [1.82, 2.24) is 5.32 Å². The molecule has 1 saturated heterocycles. The summed E-state index contributed by atoms with van der Waals surface area (Å²) in [5.74, 6) is -1.91. The highest BCUT2D eigenvalue weighted by atomic mass is 19.1. The molecular weight excluding hydrogens is 235 g/mol. The van der Waals surface area contributed by atoms with Crippen LogP contribution in [-0.2, 0) is 4.79 Å². The van der Waals surface area contributed by atoms with E-state index in [1.807, 2.05) is 0 Å². The molecule has 1 aromatic carbocycles. The van der Waals surface area contributed by atoms with Gasteiger partial charge in [0.25, 0.3) is 0 Å². The van der Waals surface area contributed by atoms with Gasteiger partial charge in [-0.05, 0) is 36.7 Å². The van der Waals surface area contributed by atoms with Crippen LogP contribution in [0.15, 0.2) is 18.2 Å². The molecule has 18 heavy (non-hydrogen) atoms. The van der Waals surface area contributed by atoms with Gasteiger partial charge in [-0.1, -0.05) is 0 Å². The number of nitrogens with one attached hydrogen (secondary N) is 2. The largest absolute Gasteiger partial charge is 0.481 e. The van der Waals surface area contributed by atoms with Crippen molar-refractivity contribution in [3.05, 3.63) is 29.6 Å². The zero-order chi connectivity index (χ0) is 12.7. The first-order chi connectivity index (χ1) is 8.66. The number of piperidine rings is 1. The number of benzene rings is 1. The second-order valence-electron chi connectivity index (χ2n) is 4.95. The molecule has 3 rings (SSSR count). The number of hydrogen-bond donors (Lipinski definition) is 3. The predicted octanol–water partition coefficient (Wildman–Crippen LogP) is 1.40. The lowest BCUT2D eigenvalue weighted by atomic mass is 9.75. The van der Waals surface area contributed by atoms with Crippen molar-refractivity contribution in [2.75, 3.05) is 18.4 Å². The van der Waals surface area contributed by atoms with Crippen LogP contribution in [0, 0.1) is 11.7 Å². The van der Waals surface area contributed by atoms with Crippen molar-refractivity contribution in [2.45, 2.75) is 18.4 Å². The van der Waals surface area contributed by atoms with E-state index >= 15 is 0 Å². The Morgan fingerprint density at radius 2 is 2.28 bits per heavy atom. The monoisotopic (exact) mass is 250 g/mol. The number of carboxylic acids is 1. The molecular formula is C13H15FN2O2. The molecule has 5 heteroatoms. The van der Waals surface area contributed by atoms with Crippen LogP contribution in [0.1, 0.15) is 17.9 Å². The SMILES string of the molecule is O=C(O)C1c2cc(F)ccc2NC2CCNCC21. The van der Waals surface area contributed by atoms with E-state index in [1.165, 1.54) is 12.1 Å². The zero-order valence-electron chi connectivity index (χ0n) is 9.82. The van der Waals surface area contributed by atoms with Crippen LogP contribution < -0.4 is 10.6 Å². The average molecular weight is 250 g/mol. The summed E-state index contributed by atoms with van der Waals surface area (Å²) < 4.78 is 13.3. The Bertz CT molecular complexity index is 492. The minimum atomic E-state index is -0.873. The summed E-state index contributed by atoms with van der Waals surface area (Å²) in [6.45, 7) is 1.54. The molecule has 0 amide bonds. The van der Waals surface area contributed by atoms with E-state index in [9.17, 15) is 14.3 Å². The van der Waals surface area contributed by atoms with Crippen LogP contribution in [0.5, 0.6) is 0 Å². The van der Waals surface area contributed by atoms with Gasteiger partial charge in [0.1, 0.15) is 5.82 Å². The second kappa shape index (κ2) is 4.24. The van der Waals surface area contributed by atoms with Crippen molar-refractivity contribution >= 4 is 11.7 Å². The van der Waals surface area contributed by atoms with Crippen molar-refractivity contribution in [3.63, 3.8) is 0 Å². The van der Waals surface area contributed by atoms with Gasteiger partial charge in [-0.3, -0.25) is 4.79 Å². The molecule has 1 fully saturated rings. The smallest absolute Gasteiger partial charge is 0.311 e. The van der Waals surface area contributed by atoms with E-state index in [-0.39, 0.29) is 17.8 Å². The van der Waals surface area contributed by atoms with Gasteiger partial charge in [0.2, 0.25) is 0 Å². The van der Waals surface area contributed by atoms with E-state index < -0.39 is 11.9 Å². The van der Waals surface area contributed by atoms with Gasteiger partial charge in [-0.2, -0.15) is 0 Å². The van der Waals surface area contributed by atoms with E-state index in [0.29, 0.717) is 12.1 Å². The Kier molecular flexibility index (Phi) is 2.70. The van der Waals surface area contributed by atoms with Gasteiger partial charge >= 0.3 is 5.97 Å². The van der Waals surface area contributed by atoms with Crippen molar-refractivity contribution < 1.29 is 14.3 Å². The topological polar surface area (TPSA) is 61.4 Å². The molecule has 0 aliphatic carbocycles. The second-order valence-corrected chi connectivity index (χ2v) is 4.95. The number of hydrogen-bond acceptors (Lipinski definition) is 3. The van der Waals surface area contributed by atoms with Crippen LogP contribution in [0.3, 0.4) is 0 Å². The third-order valence-electron chi connectivity index (χ3n) is 3.91. The fourth-order valence-corrected chi connectivity index (χ4v) is 3.08. The maximum absolute atomic E-state index is 13.3. The van der Waals surface area contributed by atoms with Crippen LogP contribution in [0.4, 0.5) is 10.1 Å². The summed E-state index contributed by atoms with van der Waals surface area (Å²) in [5.41, 5.74) is 1.32. The van der Waals surface area contributed by atoms with E-state index in [1.54, 1.807) is 6.07 Å². The maximum atomic E-state index is 13.3. The van der Waals surface area contributed by atoms with Crippen LogP contribution in [0.2, 0.25) is 0 Å². The zero-order valence-corrected chi connectivity index (χ0v) is 9.82. The van der Waals surface area contributed by atoms with Crippen molar-refractivity contribution in [2.24, 2.45) is 5.92 Å². The Hall–Kier alpha value is -1.62. The van der Waals surface area contributed by atoms with Crippen LogP contribution in [0.25, 0.3) is 0 Å². The highest BCUT2D eigenvalue weighted by Gasteiger charge is 2.41. The lowest BCUT2D eigenvalue weighted by Crippen LogP contribution is -2.50. The summed E-state index contributed by atoms with van der Waals surface area (Å²) in [5, 5.41) is 16.0. The van der Waals surface area contributed by atoms with Crippen molar-refractivity contribution in [1.29, 1.82) is 0 Å². The van der Waals surface area contributed by atoms with E-state index in [4.69, 9.17) is 0 Å². The highest BCUT2D eigenvalue weighted by molar-refractivity contribution is 5.81. The minimum absolute atomic E-state index is 0.0226. The quantitative estimate of drug-likeness (QED) is 0.705. The Balaban J connectivity index is 2.07. The number of rotatable bonds is 1. The molecule has 3 N–H and O–H groups in total. The van der Waals surface area contributed by atoms with Crippen LogP contribution >= 0.6 is 0 Å². The molecule has 0 saturated carbocycles. The first kappa shape index (κ1) is 11.5. The molecule has 96 valence electrons. The Morgan fingerprint density at radius 3 is 3.06 bits per heavy atom. The lowest BCUT2D eigenvalue weighted by molar-refractivity contribution is -0.140. The molecule has 0 aromatic heterocycles. The number of fused-ring (bicyclic) bond motifs is 2. The van der Waals surface area contributed by atoms with Gasteiger partial charge in [-0.15, -0.1) is 0 Å².